The zero-order chi connectivity index (χ0) is 11.6. The molecule has 0 bridgehead atoms. The fourth-order valence-corrected chi connectivity index (χ4v) is 1.60. The van der Waals surface area contributed by atoms with Crippen LogP contribution in [0.15, 0.2) is 36.7 Å². The summed E-state index contributed by atoms with van der Waals surface area (Å²) in [6.07, 6.45) is 3.58. The number of hydrogen-bond donors (Lipinski definition) is 1. The summed E-state index contributed by atoms with van der Waals surface area (Å²) in [6, 6.07) is 10.1. The second-order valence-corrected chi connectivity index (χ2v) is 4.26. The van der Waals surface area contributed by atoms with Crippen molar-refractivity contribution in [2.75, 3.05) is 5.32 Å². The van der Waals surface area contributed by atoms with Crippen LogP contribution in [0.25, 0.3) is 10.8 Å². The van der Waals surface area contributed by atoms with Crippen LogP contribution < -0.4 is 5.32 Å². The minimum absolute atomic E-state index is 0.572. The number of pyridine rings is 1. The molecule has 16 heavy (non-hydrogen) atoms. The fraction of sp³-hybridized carbons (Fsp3) is 0.231. The molecule has 0 radical (unpaired) electrons. The Morgan fingerprint density at radius 2 is 2.12 bits per heavy atom. The zero-order valence-electron chi connectivity index (χ0n) is 9.36. The van der Waals surface area contributed by atoms with Crippen molar-refractivity contribution < 1.29 is 0 Å². The van der Waals surface area contributed by atoms with Crippen LogP contribution in [0.5, 0.6) is 0 Å². The van der Waals surface area contributed by atoms with E-state index in [4.69, 9.17) is 5.26 Å². The molecule has 0 aliphatic rings. The molecule has 0 amide bonds. The van der Waals surface area contributed by atoms with Gasteiger partial charge in [-0.15, -0.1) is 0 Å². The van der Waals surface area contributed by atoms with Gasteiger partial charge >= 0.3 is 0 Å². The summed E-state index contributed by atoms with van der Waals surface area (Å²) >= 11 is 0. The van der Waals surface area contributed by atoms with E-state index in [1.165, 1.54) is 0 Å². The van der Waals surface area contributed by atoms with Crippen LogP contribution in [-0.4, -0.2) is 10.5 Å². The molecule has 0 saturated carbocycles. The number of rotatable bonds is 2. The average molecular weight is 211 g/mol. The topological polar surface area (TPSA) is 48.7 Å². The molecule has 0 unspecified atom stereocenters. The third kappa shape index (κ3) is 1.96. The van der Waals surface area contributed by atoms with Gasteiger partial charge in [-0.25, -0.2) is 0 Å². The first-order valence-electron chi connectivity index (χ1n) is 5.14. The average Bonchev–Trinajstić information content (AvgIpc) is 2.29. The Morgan fingerprint density at radius 3 is 2.88 bits per heavy atom. The predicted molar refractivity (Wildman–Crippen MR) is 65.1 cm³/mol. The van der Waals surface area contributed by atoms with Crippen molar-refractivity contribution in [1.82, 2.24) is 4.98 Å². The molecule has 2 aromatic rings. The first-order chi connectivity index (χ1) is 7.62. The van der Waals surface area contributed by atoms with Gasteiger partial charge in [0.25, 0.3) is 0 Å². The summed E-state index contributed by atoms with van der Waals surface area (Å²) in [6.45, 7) is 3.71. The molecule has 3 heteroatoms. The van der Waals surface area contributed by atoms with E-state index in [1.54, 1.807) is 6.20 Å². The van der Waals surface area contributed by atoms with Crippen LogP contribution in [0.1, 0.15) is 13.8 Å². The van der Waals surface area contributed by atoms with E-state index >= 15 is 0 Å². The Hall–Kier alpha value is -2.08. The van der Waals surface area contributed by atoms with Gasteiger partial charge in [0.15, 0.2) is 0 Å². The van der Waals surface area contributed by atoms with E-state index in [1.807, 2.05) is 44.3 Å². The predicted octanol–water partition coefficient (Wildman–Crippen LogP) is 2.95. The lowest BCUT2D eigenvalue weighted by Crippen LogP contribution is -2.28. The van der Waals surface area contributed by atoms with Crippen LogP contribution in [0, 0.1) is 11.3 Å². The number of aromatic nitrogens is 1. The van der Waals surface area contributed by atoms with Gasteiger partial charge in [-0.1, -0.05) is 12.1 Å². The van der Waals surface area contributed by atoms with Crippen molar-refractivity contribution in [3.05, 3.63) is 36.7 Å². The smallest absolute Gasteiger partial charge is 0.119 e. The molecule has 0 atom stereocenters. The van der Waals surface area contributed by atoms with Crippen LogP contribution in [0.3, 0.4) is 0 Å². The molecule has 1 aromatic carbocycles. The molecule has 0 aliphatic heterocycles. The number of nitrogens with zero attached hydrogens (tertiary/aromatic N) is 2. The number of nitriles is 1. The van der Waals surface area contributed by atoms with Gasteiger partial charge in [0.1, 0.15) is 5.54 Å². The first kappa shape index (κ1) is 10.4. The lowest BCUT2D eigenvalue weighted by atomic mass is 10.1. The highest BCUT2D eigenvalue weighted by atomic mass is 15.0. The number of fused-ring (bicyclic) bond motifs is 1. The highest BCUT2D eigenvalue weighted by molar-refractivity contribution is 5.93. The molecule has 0 aliphatic carbocycles. The molecule has 0 saturated heterocycles. The van der Waals surface area contributed by atoms with Crippen molar-refractivity contribution in [2.24, 2.45) is 0 Å². The minimum Gasteiger partial charge on any atom is -0.367 e. The summed E-state index contributed by atoms with van der Waals surface area (Å²) in [5, 5.41) is 14.4. The zero-order valence-corrected chi connectivity index (χ0v) is 9.36. The Balaban J connectivity index is 2.50. The summed E-state index contributed by atoms with van der Waals surface area (Å²) < 4.78 is 0. The van der Waals surface area contributed by atoms with Crippen molar-refractivity contribution in [2.45, 2.75) is 19.4 Å². The van der Waals surface area contributed by atoms with Gasteiger partial charge in [0, 0.05) is 28.9 Å². The van der Waals surface area contributed by atoms with Crippen molar-refractivity contribution in [3.63, 3.8) is 0 Å². The second kappa shape index (κ2) is 3.82. The van der Waals surface area contributed by atoms with E-state index in [-0.39, 0.29) is 0 Å². The second-order valence-electron chi connectivity index (χ2n) is 4.26. The molecular weight excluding hydrogens is 198 g/mol. The molecule has 1 heterocycles. The summed E-state index contributed by atoms with van der Waals surface area (Å²) in [7, 11) is 0. The first-order valence-corrected chi connectivity index (χ1v) is 5.14. The Morgan fingerprint density at radius 1 is 1.31 bits per heavy atom. The maximum Gasteiger partial charge on any atom is 0.119 e. The SMILES string of the molecule is CC(C)(C#N)Nc1cccc2cnccc12. The van der Waals surface area contributed by atoms with Crippen LogP contribution >= 0.6 is 0 Å². The highest BCUT2D eigenvalue weighted by Crippen LogP contribution is 2.24. The van der Waals surface area contributed by atoms with Gasteiger partial charge in [0.2, 0.25) is 0 Å². The fourth-order valence-electron chi connectivity index (χ4n) is 1.60. The van der Waals surface area contributed by atoms with E-state index in [2.05, 4.69) is 16.4 Å². The van der Waals surface area contributed by atoms with Crippen molar-refractivity contribution >= 4 is 16.5 Å². The lowest BCUT2D eigenvalue weighted by molar-refractivity contribution is 0.730. The van der Waals surface area contributed by atoms with E-state index in [0.717, 1.165) is 16.5 Å². The Labute approximate surface area is 94.7 Å². The van der Waals surface area contributed by atoms with Gasteiger partial charge in [0.05, 0.1) is 6.07 Å². The van der Waals surface area contributed by atoms with Gasteiger partial charge < -0.3 is 5.32 Å². The normalized spacial score (nSPS) is 11.1. The summed E-state index contributed by atoms with van der Waals surface area (Å²) in [5.74, 6) is 0. The van der Waals surface area contributed by atoms with Crippen LogP contribution in [0.2, 0.25) is 0 Å². The Bertz CT molecular complexity index is 547. The largest absolute Gasteiger partial charge is 0.367 e. The van der Waals surface area contributed by atoms with Gasteiger partial charge in [-0.2, -0.15) is 5.26 Å². The molecule has 1 aromatic heterocycles. The monoisotopic (exact) mass is 211 g/mol. The standard InChI is InChI=1S/C13H13N3/c1-13(2,9-14)16-12-5-3-4-10-8-15-7-6-11(10)12/h3-8,16H,1-2H3. The van der Waals surface area contributed by atoms with Crippen molar-refractivity contribution in [3.8, 4) is 6.07 Å². The van der Waals surface area contributed by atoms with Crippen molar-refractivity contribution in [1.29, 1.82) is 5.26 Å². The van der Waals surface area contributed by atoms with E-state index in [9.17, 15) is 0 Å². The van der Waals surface area contributed by atoms with E-state index in [0.29, 0.717) is 0 Å². The summed E-state index contributed by atoms with van der Waals surface area (Å²) in [5.41, 5.74) is 0.392. The highest BCUT2D eigenvalue weighted by Gasteiger charge is 2.16. The molecule has 0 spiro atoms. The molecule has 3 nitrogen and oxygen atoms in total. The summed E-state index contributed by atoms with van der Waals surface area (Å²) in [4.78, 5) is 4.08. The molecule has 80 valence electrons. The molecule has 2 rings (SSSR count). The minimum atomic E-state index is -0.572. The number of anilines is 1. The molecular formula is C13H13N3. The number of benzene rings is 1. The molecule has 1 N–H and O–H groups in total. The van der Waals surface area contributed by atoms with Gasteiger partial charge in [-0.05, 0) is 26.0 Å². The van der Waals surface area contributed by atoms with Crippen LogP contribution in [-0.2, 0) is 0 Å². The van der Waals surface area contributed by atoms with Crippen LogP contribution in [0.4, 0.5) is 5.69 Å². The maximum absolute atomic E-state index is 9.00. The van der Waals surface area contributed by atoms with E-state index < -0.39 is 5.54 Å². The maximum atomic E-state index is 9.00. The third-order valence-electron chi connectivity index (χ3n) is 2.41. The lowest BCUT2D eigenvalue weighted by Gasteiger charge is -2.20. The number of hydrogen-bond acceptors (Lipinski definition) is 3. The van der Waals surface area contributed by atoms with Gasteiger partial charge in [-0.3, -0.25) is 4.98 Å². The quantitative estimate of drug-likeness (QED) is 0.830. The number of nitrogens with one attached hydrogen (secondary N) is 1. The Kier molecular flexibility index (Phi) is 2.49. The third-order valence-corrected chi connectivity index (χ3v) is 2.41. The molecule has 0 fully saturated rings.